The molecular weight excluding hydrogens is 582 g/mol. The molecular formula is C37H43N3O4S. The second kappa shape index (κ2) is 15.0. The number of carbonyl (C=O) groups is 2. The van der Waals surface area contributed by atoms with Crippen molar-refractivity contribution in [2.45, 2.75) is 71.0 Å². The lowest BCUT2D eigenvalue weighted by molar-refractivity contribution is -0.140. The third kappa shape index (κ3) is 8.39. The van der Waals surface area contributed by atoms with Crippen LogP contribution in [-0.4, -0.2) is 43.8 Å². The largest absolute Gasteiger partial charge is 0.352 e. The van der Waals surface area contributed by atoms with Crippen molar-refractivity contribution >= 4 is 27.5 Å². The first-order valence-electron chi connectivity index (χ1n) is 15.3. The van der Waals surface area contributed by atoms with Gasteiger partial charge in [0.2, 0.25) is 11.8 Å². The second-order valence-corrected chi connectivity index (χ2v) is 13.4. The highest BCUT2D eigenvalue weighted by atomic mass is 32.2. The number of aryl methyl sites for hydroxylation is 2. The molecule has 0 aliphatic rings. The van der Waals surface area contributed by atoms with E-state index in [0.717, 1.165) is 34.2 Å². The van der Waals surface area contributed by atoms with Gasteiger partial charge in [-0.3, -0.25) is 13.9 Å². The van der Waals surface area contributed by atoms with Gasteiger partial charge in [0, 0.05) is 19.0 Å². The normalized spacial score (nSPS) is 12.6. The van der Waals surface area contributed by atoms with E-state index >= 15 is 0 Å². The number of sulfonamides is 1. The molecule has 0 radical (unpaired) electrons. The Hall–Kier alpha value is -4.43. The van der Waals surface area contributed by atoms with E-state index in [1.54, 1.807) is 30.3 Å². The molecule has 0 saturated heterocycles. The third-order valence-corrected chi connectivity index (χ3v) is 9.97. The van der Waals surface area contributed by atoms with E-state index in [-0.39, 0.29) is 29.8 Å². The zero-order chi connectivity index (χ0) is 32.6. The molecule has 4 aromatic rings. The summed E-state index contributed by atoms with van der Waals surface area (Å²) in [7, 11) is -4.14. The molecule has 2 unspecified atom stereocenters. The lowest BCUT2D eigenvalue weighted by Gasteiger charge is -2.34. The van der Waals surface area contributed by atoms with Crippen LogP contribution in [0, 0.1) is 20.8 Å². The Bertz CT molecular complexity index is 1690. The fraction of sp³-hybridized carbons (Fsp3) is 0.297. The van der Waals surface area contributed by atoms with Crippen molar-refractivity contribution in [3.8, 4) is 0 Å². The lowest BCUT2D eigenvalue weighted by Crippen LogP contribution is -2.54. The number of hydrogen-bond acceptors (Lipinski definition) is 4. The van der Waals surface area contributed by atoms with Crippen LogP contribution in [0.5, 0.6) is 0 Å². The predicted molar refractivity (Wildman–Crippen MR) is 180 cm³/mol. The molecule has 0 spiro atoms. The van der Waals surface area contributed by atoms with Gasteiger partial charge in [-0.05, 0) is 74.6 Å². The van der Waals surface area contributed by atoms with Crippen molar-refractivity contribution in [1.29, 1.82) is 0 Å². The lowest BCUT2D eigenvalue weighted by atomic mass is 10.0. The molecule has 8 heteroatoms. The first-order valence-corrected chi connectivity index (χ1v) is 16.8. The van der Waals surface area contributed by atoms with E-state index < -0.39 is 28.5 Å². The Kier molecular flexibility index (Phi) is 11.2. The van der Waals surface area contributed by atoms with Gasteiger partial charge < -0.3 is 10.2 Å². The minimum atomic E-state index is -4.14. The fourth-order valence-electron chi connectivity index (χ4n) is 5.12. The maximum atomic E-state index is 14.6. The maximum Gasteiger partial charge on any atom is 0.264 e. The zero-order valence-corrected chi connectivity index (χ0v) is 27.6. The molecule has 0 aliphatic heterocycles. The van der Waals surface area contributed by atoms with Gasteiger partial charge in [0.15, 0.2) is 0 Å². The number of carbonyl (C=O) groups excluding carboxylic acids is 2. The van der Waals surface area contributed by atoms with Crippen molar-refractivity contribution < 1.29 is 18.0 Å². The Morgan fingerprint density at radius 1 is 0.778 bits per heavy atom. The van der Waals surface area contributed by atoms with Crippen LogP contribution in [0.15, 0.2) is 108 Å². The Morgan fingerprint density at radius 3 is 2.02 bits per heavy atom. The molecule has 2 amide bonds. The Balaban J connectivity index is 1.83. The monoisotopic (exact) mass is 625 g/mol. The summed E-state index contributed by atoms with van der Waals surface area (Å²) in [5.41, 5.74) is 4.89. The smallest absolute Gasteiger partial charge is 0.264 e. The van der Waals surface area contributed by atoms with E-state index in [2.05, 4.69) is 5.32 Å². The van der Waals surface area contributed by atoms with Crippen LogP contribution in [0.1, 0.15) is 48.1 Å². The van der Waals surface area contributed by atoms with Crippen LogP contribution >= 0.6 is 0 Å². The summed E-state index contributed by atoms with van der Waals surface area (Å²) in [6.07, 6.45) is 1.00. The molecule has 0 aliphatic carbocycles. The molecule has 45 heavy (non-hydrogen) atoms. The quantitative estimate of drug-likeness (QED) is 0.187. The highest BCUT2D eigenvalue weighted by Crippen LogP contribution is 2.29. The van der Waals surface area contributed by atoms with E-state index in [0.29, 0.717) is 5.69 Å². The van der Waals surface area contributed by atoms with Gasteiger partial charge in [-0.1, -0.05) is 97.4 Å². The van der Waals surface area contributed by atoms with E-state index in [4.69, 9.17) is 0 Å². The summed E-state index contributed by atoms with van der Waals surface area (Å²) >= 11 is 0. The summed E-state index contributed by atoms with van der Waals surface area (Å²) in [5, 5.41) is 3.07. The van der Waals surface area contributed by atoms with Crippen molar-refractivity contribution in [1.82, 2.24) is 10.2 Å². The van der Waals surface area contributed by atoms with Crippen LogP contribution in [0.2, 0.25) is 0 Å². The summed E-state index contributed by atoms with van der Waals surface area (Å²) in [4.78, 5) is 30.2. The molecule has 236 valence electrons. The Morgan fingerprint density at radius 2 is 1.40 bits per heavy atom. The number of anilines is 1. The molecule has 0 aromatic heterocycles. The minimum absolute atomic E-state index is 0.0825. The van der Waals surface area contributed by atoms with E-state index in [9.17, 15) is 18.0 Å². The van der Waals surface area contributed by atoms with Gasteiger partial charge in [0.05, 0.1) is 10.6 Å². The van der Waals surface area contributed by atoms with Gasteiger partial charge in [0.1, 0.15) is 12.6 Å². The second-order valence-electron chi connectivity index (χ2n) is 11.6. The highest BCUT2D eigenvalue weighted by molar-refractivity contribution is 7.92. The molecule has 0 bridgehead atoms. The number of nitrogens with one attached hydrogen (secondary N) is 1. The van der Waals surface area contributed by atoms with Crippen LogP contribution in [0.25, 0.3) is 0 Å². The number of amides is 2. The van der Waals surface area contributed by atoms with E-state index in [1.165, 1.54) is 21.3 Å². The van der Waals surface area contributed by atoms with Crippen molar-refractivity contribution in [3.05, 3.63) is 131 Å². The van der Waals surface area contributed by atoms with Gasteiger partial charge in [-0.25, -0.2) is 8.42 Å². The number of rotatable bonds is 13. The van der Waals surface area contributed by atoms with Crippen molar-refractivity contribution in [3.63, 3.8) is 0 Å². The first kappa shape index (κ1) is 33.5. The minimum Gasteiger partial charge on any atom is -0.352 e. The summed E-state index contributed by atoms with van der Waals surface area (Å²) in [5.74, 6) is -0.755. The van der Waals surface area contributed by atoms with Crippen LogP contribution in [0.3, 0.4) is 0 Å². The molecule has 7 nitrogen and oxygen atoms in total. The number of nitrogens with zero attached hydrogens (tertiary/aromatic N) is 2. The average molecular weight is 626 g/mol. The topological polar surface area (TPSA) is 86.8 Å². The molecule has 0 fully saturated rings. The maximum absolute atomic E-state index is 14.6. The highest BCUT2D eigenvalue weighted by Gasteiger charge is 2.35. The fourth-order valence-corrected chi connectivity index (χ4v) is 6.62. The molecule has 2 atom stereocenters. The summed E-state index contributed by atoms with van der Waals surface area (Å²) < 4.78 is 29.6. The number of benzene rings is 4. The van der Waals surface area contributed by atoms with Crippen LogP contribution in [0.4, 0.5) is 5.69 Å². The molecule has 4 rings (SSSR count). The SMILES string of the molecule is CCC(C)NC(=O)C(Cc1ccccc1)N(Cc1ccc(C)cc1)C(=O)CN(c1cccc(C)c1C)S(=O)(=O)c1ccccc1. The third-order valence-electron chi connectivity index (χ3n) is 8.20. The molecule has 1 N–H and O–H groups in total. The van der Waals surface area contributed by atoms with Crippen molar-refractivity contribution in [2.24, 2.45) is 0 Å². The van der Waals surface area contributed by atoms with Gasteiger partial charge in [-0.2, -0.15) is 0 Å². The van der Waals surface area contributed by atoms with Crippen LogP contribution < -0.4 is 9.62 Å². The Labute approximate surface area is 268 Å². The number of hydrogen-bond donors (Lipinski definition) is 1. The van der Waals surface area contributed by atoms with Crippen LogP contribution in [-0.2, 0) is 32.6 Å². The van der Waals surface area contributed by atoms with Crippen molar-refractivity contribution in [2.75, 3.05) is 10.8 Å². The van der Waals surface area contributed by atoms with Gasteiger partial charge in [0.25, 0.3) is 10.0 Å². The standard InChI is InChI=1S/C37H43N3O4S/c1-6-29(4)38-37(42)35(24-31-15-9-7-10-16-31)39(25-32-22-20-27(2)21-23-32)36(41)26-40(34-19-13-14-28(3)30(34)5)45(43,44)33-17-11-8-12-18-33/h7-23,29,35H,6,24-26H2,1-5H3,(H,38,42). The average Bonchev–Trinajstić information content (AvgIpc) is 3.04. The van der Waals surface area contributed by atoms with Gasteiger partial charge in [-0.15, -0.1) is 0 Å². The molecule has 4 aromatic carbocycles. The first-order chi connectivity index (χ1) is 21.5. The molecule has 0 heterocycles. The van der Waals surface area contributed by atoms with E-state index in [1.807, 2.05) is 95.3 Å². The summed E-state index contributed by atoms with van der Waals surface area (Å²) in [6.45, 7) is 9.32. The van der Waals surface area contributed by atoms with Gasteiger partial charge >= 0.3 is 0 Å². The zero-order valence-electron chi connectivity index (χ0n) is 26.7. The predicted octanol–water partition coefficient (Wildman–Crippen LogP) is 6.36. The summed E-state index contributed by atoms with van der Waals surface area (Å²) in [6, 6.07) is 29.9. The molecule has 0 saturated carbocycles.